The first-order chi connectivity index (χ1) is 9.41. The quantitative estimate of drug-likeness (QED) is 0.445. The van der Waals surface area contributed by atoms with Crippen molar-refractivity contribution in [3.8, 4) is 5.75 Å². The van der Waals surface area contributed by atoms with Crippen molar-refractivity contribution in [1.29, 1.82) is 0 Å². The summed E-state index contributed by atoms with van der Waals surface area (Å²) in [6.07, 6.45) is -4.63. The third-order valence-electron chi connectivity index (χ3n) is 2.92. The molecule has 0 heterocycles. The van der Waals surface area contributed by atoms with E-state index in [1.54, 1.807) is 0 Å². The lowest BCUT2D eigenvalue weighted by molar-refractivity contribution is -0.137. The fourth-order valence-electron chi connectivity index (χ4n) is 1.60. The van der Waals surface area contributed by atoms with Crippen molar-refractivity contribution in [3.63, 3.8) is 0 Å². The first kappa shape index (κ1) is 17.9. The number of alkyl halides is 5. The molecule has 0 saturated heterocycles. The van der Waals surface area contributed by atoms with Crippen LogP contribution in [0.5, 0.6) is 5.75 Å². The zero-order valence-corrected chi connectivity index (χ0v) is 13.1. The van der Waals surface area contributed by atoms with Crippen LogP contribution in [0.25, 0.3) is 0 Å². The van der Waals surface area contributed by atoms with E-state index in [1.807, 2.05) is 0 Å². The van der Waals surface area contributed by atoms with Gasteiger partial charge in [0.25, 0.3) is 5.55 Å². The highest BCUT2D eigenvalue weighted by atomic mass is 28.3. The number of hydrogen-bond donors (Lipinski definition) is 0. The van der Waals surface area contributed by atoms with E-state index in [0.29, 0.717) is 12.1 Å². The second kappa shape index (κ2) is 5.92. The van der Waals surface area contributed by atoms with Gasteiger partial charge in [0.15, 0.2) is 6.79 Å². The van der Waals surface area contributed by atoms with Crippen molar-refractivity contribution in [1.82, 2.24) is 0 Å². The lowest BCUT2D eigenvalue weighted by atomic mass is 10.1. The van der Waals surface area contributed by atoms with Gasteiger partial charge < -0.3 is 9.47 Å². The molecular weight excluding hydrogens is 311 g/mol. The summed E-state index contributed by atoms with van der Waals surface area (Å²) >= 11 is 0. The predicted molar refractivity (Wildman–Crippen MR) is 71.2 cm³/mol. The molecule has 0 aromatic heterocycles. The van der Waals surface area contributed by atoms with Crippen molar-refractivity contribution in [2.24, 2.45) is 0 Å². The molecule has 21 heavy (non-hydrogen) atoms. The lowest BCUT2D eigenvalue weighted by Crippen LogP contribution is -2.42. The van der Waals surface area contributed by atoms with Crippen molar-refractivity contribution in [3.05, 3.63) is 29.3 Å². The van der Waals surface area contributed by atoms with E-state index in [-0.39, 0.29) is 0 Å². The van der Waals surface area contributed by atoms with Crippen LogP contribution < -0.4 is 4.74 Å². The summed E-state index contributed by atoms with van der Waals surface area (Å²) in [6, 6.07) is 2.01. The third kappa shape index (κ3) is 3.94. The zero-order valence-electron chi connectivity index (χ0n) is 12.1. The van der Waals surface area contributed by atoms with Gasteiger partial charge in [-0.3, -0.25) is 0 Å². The molecule has 0 atom stereocenters. The Bertz CT molecular complexity index is 494. The van der Waals surface area contributed by atoms with Crippen LogP contribution in [0.4, 0.5) is 22.0 Å². The number of benzene rings is 1. The summed E-state index contributed by atoms with van der Waals surface area (Å²) in [5, 5.41) is 0. The van der Waals surface area contributed by atoms with Gasteiger partial charge in [0.2, 0.25) is 0 Å². The molecule has 1 rings (SSSR count). The Balaban J connectivity index is 3.38. The minimum Gasteiger partial charge on any atom is -0.467 e. The van der Waals surface area contributed by atoms with Crippen LogP contribution in [-0.4, -0.2) is 22.0 Å². The average molecular weight is 328 g/mol. The summed E-state index contributed by atoms with van der Waals surface area (Å²) < 4.78 is 76.4. The predicted octanol–water partition coefficient (Wildman–Crippen LogP) is 4.66. The molecule has 0 N–H and O–H groups in total. The zero-order chi connectivity index (χ0) is 16.5. The molecule has 2 nitrogen and oxygen atoms in total. The largest absolute Gasteiger partial charge is 0.467 e. The van der Waals surface area contributed by atoms with Crippen LogP contribution in [0, 0.1) is 0 Å². The van der Waals surface area contributed by atoms with Gasteiger partial charge in [-0.2, -0.15) is 13.2 Å². The maximum Gasteiger partial charge on any atom is 0.416 e. The number of halogens is 5. The molecule has 8 heteroatoms. The van der Waals surface area contributed by atoms with Crippen molar-refractivity contribution in [2.45, 2.75) is 31.4 Å². The molecule has 0 bridgehead atoms. The smallest absolute Gasteiger partial charge is 0.416 e. The molecule has 0 unspecified atom stereocenters. The minimum atomic E-state index is -4.63. The number of rotatable bonds is 5. The average Bonchev–Trinajstić information content (AvgIpc) is 2.33. The van der Waals surface area contributed by atoms with Crippen LogP contribution in [0.15, 0.2) is 18.2 Å². The van der Waals surface area contributed by atoms with Gasteiger partial charge in [0.1, 0.15) is 13.8 Å². The van der Waals surface area contributed by atoms with E-state index >= 15 is 0 Å². The summed E-state index contributed by atoms with van der Waals surface area (Å²) in [5.74, 6) is -0.501. The molecule has 0 aliphatic heterocycles. The third-order valence-corrected chi connectivity index (χ3v) is 5.07. The highest BCUT2D eigenvalue weighted by molar-refractivity contribution is 6.78. The van der Waals surface area contributed by atoms with E-state index in [4.69, 9.17) is 4.74 Å². The molecule has 0 amide bonds. The fraction of sp³-hybridized carbons (Fsp3) is 0.538. The Morgan fingerprint density at radius 1 is 1.05 bits per heavy atom. The van der Waals surface area contributed by atoms with Crippen LogP contribution >= 0.6 is 0 Å². The van der Waals surface area contributed by atoms with Crippen LogP contribution in [0.2, 0.25) is 19.6 Å². The Labute approximate surface area is 120 Å². The number of ether oxygens (including phenoxy) is 2. The van der Waals surface area contributed by atoms with Crippen LogP contribution in [-0.2, 0) is 16.5 Å². The van der Waals surface area contributed by atoms with E-state index in [1.165, 1.54) is 26.8 Å². The van der Waals surface area contributed by atoms with E-state index < -0.39 is 43.5 Å². The molecule has 0 aliphatic rings. The van der Waals surface area contributed by atoms with Gasteiger partial charge in [-0.25, -0.2) is 8.78 Å². The lowest BCUT2D eigenvalue weighted by Gasteiger charge is -2.30. The topological polar surface area (TPSA) is 18.5 Å². The van der Waals surface area contributed by atoms with Gasteiger partial charge in [0, 0.05) is 7.11 Å². The van der Waals surface area contributed by atoms with Gasteiger partial charge in [-0.1, -0.05) is 19.6 Å². The highest BCUT2D eigenvalue weighted by Gasteiger charge is 2.48. The molecule has 0 aliphatic carbocycles. The SMILES string of the molecule is COCOc1cc(C(F)(F)F)ccc1C(F)(F)[Si](C)(C)C. The fourth-order valence-corrected chi connectivity index (χ4v) is 2.62. The first-order valence-electron chi connectivity index (χ1n) is 6.12. The molecule has 1 aromatic carbocycles. The van der Waals surface area contributed by atoms with Gasteiger partial charge in [-0.05, 0) is 18.2 Å². The molecule has 120 valence electrons. The van der Waals surface area contributed by atoms with Crippen LogP contribution in [0.1, 0.15) is 11.1 Å². The molecule has 0 fully saturated rings. The van der Waals surface area contributed by atoms with Crippen molar-refractivity contribution < 1.29 is 31.4 Å². The van der Waals surface area contributed by atoms with Gasteiger partial charge in [-0.15, -0.1) is 0 Å². The van der Waals surface area contributed by atoms with Gasteiger partial charge in [0.05, 0.1) is 11.1 Å². The van der Waals surface area contributed by atoms with Crippen molar-refractivity contribution >= 4 is 8.07 Å². The summed E-state index contributed by atoms with van der Waals surface area (Å²) in [7, 11) is -1.74. The highest BCUT2D eigenvalue weighted by Crippen LogP contribution is 2.44. The first-order valence-corrected chi connectivity index (χ1v) is 9.62. The van der Waals surface area contributed by atoms with E-state index in [9.17, 15) is 22.0 Å². The Morgan fingerprint density at radius 2 is 1.62 bits per heavy atom. The molecule has 0 radical (unpaired) electrons. The Hall–Kier alpha value is -1.15. The molecule has 0 saturated carbocycles. The monoisotopic (exact) mass is 328 g/mol. The number of methoxy groups -OCH3 is 1. The standard InChI is InChI=1S/C13H17F5O2Si/c1-19-8-20-11-7-9(12(14,15)16)5-6-10(11)13(17,18)21(2,3)4/h5-7H,8H2,1-4H3. The van der Waals surface area contributed by atoms with Crippen molar-refractivity contribution in [2.75, 3.05) is 13.9 Å². The molecule has 0 spiro atoms. The summed E-state index contributed by atoms with van der Waals surface area (Å²) in [6.45, 7) is 3.90. The maximum absolute atomic E-state index is 14.4. The number of hydrogen-bond acceptors (Lipinski definition) is 2. The van der Waals surface area contributed by atoms with Crippen LogP contribution in [0.3, 0.4) is 0 Å². The second-order valence-corrected chi connectivity index (χ2v) is 10.7. The Morgan fingerprint density at radius 3 is 2.05 bits per heavy atom. The van der Waals surface area contributed by atoms with Gasteiger partial charge >= 0.3 is 6.18 Å². The Kier molecular flexibility index (Phi) is 5.04. The molecule has 1 aromatic rings. The maximum atomic E-state index is 14.4. The second-order valence-electron chi connectivity index (χ2n) is 5.58. The summed E-state index contributed by atoms with van der Waals surface area (Å²) in [5.41, 5.74) is -4.80. The van der Waals surface area contributed by atoms with E-state index in [0.717, 1.165) is 6.07 Å². The normalized spacial score (nSPS) is 13.4. The summed E-state index contributed by atoms with van der Waals surface area (Å²) in [4.78, 5) is 0. The van der Waals surface area contributed by atoms with E-state index in [2.05, 4.69) is 4.74 Å². The molecular formula is C13H17F5O2Si. The minimum absolute atomic E-state index is 0.407.